The largest absolute Gasteiger partial charge is 0.384 e. The van der Waals surface area contributed by atoms with Crippen LogP contribution in [-0.2, 0) is 0 Å². The molecule has 0 bridgehead atoms. The Morgan fingerprint density at radius 3 is 2.40 bits per heavy atom. The maximum absolute atomic E-state index is 5.63. The molecular formula is C11H12N4. The van der Waals surface area contributed by atoms with Gasteiger partial charge in [-0.15, -0.1) is 0 Å². The van der Waals surface area contributed by atoms with Gasteiger partial charge in [-0.25, -0.2) is 9.97 Å². The Kier molecular flexibility index (Phi) is 2.25. The molecule has 2 heterocycles. The third-order valence-corrected chi connectivity index (χ3v) is 2.13. The first-order valence-electron chi connectivity index (χ1n) is 4.63. The summed E-state index contributed by atoms with van der Waals surface area (Å²) in [6, 6.07) is 9.14. The highest BCUT2D eigenvalue weighted by Gasteiger charge is 2.05. The monoisotopic (exact) mass is 200 g/mol. The molecule has 76 valence electrons. The second-order valence-corrected chi connectivity index (χ2v) is 3.35. The van der Waals surface area contributed by atoms with E-state index >= 15 is 0 Å². The maximum atomic E-state index is 5.63. The molecule has 15 heavy (non-hydrogen) atoms. The molecule has 0 unspecified atom stereocenters. The summed E-state index contributed by atoms with van der Waals surface area (Å²) < 4.78 is 0. The fourth-order valence-electron chi connectivity index (χ4n) is 1.39. The highest BCUT2D eigenvalue weighted by molar-refractivity contribution is 5.62. The third kappa shape index (κ3) is 1.88. The van der Waals surface area contributed by atoms with Crippen LogP contribution in [0.15, 0.2) is 30.3 Å². The van der Waals surface area contributed by atoms with E-state index in [9.17, 15) is 0 Å². The van der Waals surface area contributed by atoms with Crippen molar-refractivity contribution in [3.05, 3.63) is 35.9 Å². The number of aryl methyl sites for hydroxylation is 1. The minimum absolute atomic E-state index is 0.483. The number of hydrogen-bond acceptors (Lipinski definition) is 4. The highest BCUT2D eigenvalue weighted by atomic mass is 14.9. The summed E-state index contributed by atoms with van der Waals surface area (Å²) in [6.07, 6.45) is 0. The number of hydrogen-bond donors (Lipinski definition) is 2. The standard InChI is InChI=1S/C11H12N4/c1-7-5-6-10(13)15-11(7)8-3-2-4-9(12)14-8/h2-6H,1H3,(H2,12,14)(H2,13,15). The van der Waals surface area contributed by atoms with Gasteiger partial charge in [0.2, 0.25) is 0 Å². The molecule has 0 atom stereocenters. The van der Waals surface area contributed by atoms with E-state index < -0.39 is 0 Å². The van der Waals surface area contributed by atoms with Crippen LogP contribution in [0.2, 0.25) is 0 Å². The van der Waals surface area contributed by atoms with Crippen molar-refractivity contribution in [1.82, 2.24) is 9.97 Å². The van der Waals surface area contributed by atoms with Gasteiger partial charge in [0.1, 0.15) is 11.6 Å². The first-order valence-corrected chi connectivity index (χ1v) is 4.63. The Bertz CT molecular complexity index is 494. The zero-order valence-electron chi connectivity index (χ0n) is 8.44. The summed E-state index contributed by atoms with van der Waals surface area (Å²) in [7, 11) is 0. The lowest BCUT2D eigenvalue weighted by atomic mass is 10.1. The molecule has 4 heteroatoms. The van der Waals surface area contributed by atoms with Gasteiger partial charge in [0.25, 0.3) is 0 Å². The summed E-state index contributed by atoms with van der Waals surface area (Å²) in [6.45, 7) is 1.96. The van der Waals surface area contributed by atoms with Crippen molar-refractivity contribution in [2.75, 3.05) is 11.5 Å². The number of nitrogens with zero attached hydrogens (tertiary/aromatic N) is 2. The van der Waals surface area contributed by atoms with Gasteiger partial charge in [0, 0.05) is 0 Å². The van der Waals surface area contributed by atoms with Crippen molar-refractivity contribution < 1.29 is 0 Å². The fraction of sp³-hybridized carbons (Fsp3) is 0.0909. The normalized spacial score (nSPS) is 10.2. The summed E-state index contributed by atoms with van der Waals surface area (Å²) in [5.74, 6) is 0.968. The SMILES string of the molecule is Cc1ccc(N)nc1-c1cccc(N)n1. The molecule has 0 fully saturated rings. The minimum Gasteiger partial charge on any atom is -0.384 e. The van der Waals surface area contributed by atoms with E-state index in [0.29, 0.717) is 11.6 Å². The number of rotatable bonds is 1. The third-order valence-electron chi connectivity index (χ3n) is 2.13. The average Bonchev–Trinajstić information content (AvgIpc) is 2.22. The zero-order valence-corrected chi connectivity index (χ0v) is 8.44. The van der Waals surface area contributed by atoms with E-state index in [1.165, 1.54) is 0 Å². The van der Waals surface area contributed by atoms with Gasteiger partial charge in [-0.05, 0) is 30.7 Å². The second-order valence-electron chi connectivity index (χ2n) is 3.35. The Balaban J connectivity index is 2.58. The van der Waals surface area contributed by atoms with Crippen molar-refractivity contribution in [3.8, 4) is 11.4 Å². The van der Waals surface area contributed by atoms with Gasteiger partial charge in [0.15, 0.2) is 0 Å². The van der Waals surface area contributed by atoms with Gasteiger partial charge in [0.05, 0.1) is 11.4 Å². The summed E-state index contributed by atoms with van der Waals surface area (Å²) in [5, 5.41) is 0. The van der Waals surface area contributed by atoms with Crippen LogP contribution in [0.4, 0.5) is 11.6 Å². The molecule has 2 rings (SSSR count). The molecule has 0 saturated carbocycles. The van der Waals surface area contributed by atoms with Crippen LogP contribution in [0.5, 0.6) is 0 Å². The molecule has 2 aromatic rings. The summed E-state index contributed by atoms with van der Waals surface area (Å²) in [5.41, 5.74) is 13.8. The summed E-state index contributed by atoms with van der Waals surface area (Å²) in [4.78, 5) is 8.45. The Labute approximate surface area is 88.0 Å². The average molecular weight is 200 g/mol. The van der Waals surface area contributed by atoms with E-state index in [0.717, 1.165) is 17.0 Å². The minimum atomic E-state index is 0.483. The van der Waals surface area contributed by atoms with E-state index in [4.69, 9.17) is 11.5 Å². The van der Waals surface area contributed by atoms with Crippen molar-refractivity contribution in [3.63, 3.8) is 0 Å². The first kappa shape index (κ1) is 9.45. The Hall–Kier alpha value is -2.10. The van der Waals surface area contributed by atoms with Crippen LogP contribution >= 0.6 is 0 Å². The number of anilines is 2. The predicted molar refractivity (Wildman–Crippen MR) is 61.0 cm³/mol. The van der Waals surface area contributed by atoms with Gasteiger partial charge in [-0.1, -0.05) is 12.1 Å². The van der Waals surface area contributed by atoms with Crippen LogP contribution < -0.4 is 11.5 Å². The molecule has 4 N–H and O–H groups in total. The molecule has 0 aliphatic heterocycles. The fourth-order valence-corrected chi connectivity index (χ4v) is 1.39. The molecular weight excluding hydrogens is 188 g/mol. The lowest BCUT2D eigenvalue weighted by molar-refractivity contribution is 1.22. The molecule has 0 radical (unpaired) electrons. The lowest BCUT2D eigenvalue weighted by Crippen LogP contribution is -1.97. The topological polar surface area (TPSA) is 77.8 Å². The lowest BCUT2D eigenvalue weighted by Gasteiger charge is -2.05. The number of aromatic nitrogens is 2. The molecule has 2 aromatic heterocycles. The molecule has 0 amide bonds. The molecule has 0 spiro atoms. The quantitative estimate of drug-likeness (QED) is 0.733. The molecule has 0 aromatic carbocycles. The van der Waals surface area contributed by atoms with Crippen LogP contribution in [0.25, 0.3) is 11.4 Å². The Morgan fingerprint density at radius 2 is 1.67 bits per heavy atom. The van der Waals surface area contributed by atoms with Crippen LogP contribution in [0.3, 0.4) is 0 Å². The maximum Gasteiger partial charge on any atom is 0.124 e. The second kappa shape index (κ2) is 3.57. The van der Waals surface area contributed by atoms with Crippen molar-refractivity contribution in [2.24, 2.45) is 0 Å². The molecule has 0 saturated heterocycles. The van der Waals surface area contributed by atoms with E-state index in [-0.39, 0.29) is 0 Å². The van der Waals surface area contributed by atoms with Crippen molar-refractivity contribution >= 4 is 11.6 Å². The summed E-state index contributed by atoms with van der Waals surface area (Å²) >= 11 is 0. The highest BCUT2D eigenvalue weighted by Crippen LogP contribution is 2.20. The molecule has 0 aliphatic carbocycles. The van der Waals surface area contributed by atoms with Gasteiger partial charge >= 0.3 is 0 Å². The van der Waals surface area contributed by atoms with Crippen molar-refractivity contribution in [2.45, 2.75) is 6.92 Å². The van der Waals surface area contributed by atoms with Crippen LogP contribution in [-0.4, -0.2) is 9.97 Å². The van der Waals surface area contributed by atoms with Crippen molar-refractivity contribution in [1.29, 1.82) is 0 Å². The predicted octanol–water partition coefficient (Wildman–Crippen LogP) is 1.62. The van der Waals surface area contributed by atoms with E-state index in [1.807, 2.05) is 25.1 Å². The number of nitrogen functional groups attached to an aromatic ring is 2. The van der Waals surface area contributed by atoms with Gasteiger partial charge < -0.3 is 11.5 Å². The first-order chi connectivity index (χ1) is 7.16. The molecule has 0 aliphatic rings. The van der Waals surface area contributed by atoms with Crippen LogP contribution in [0.1, 0.15) is 5.56 Å². The Morgan fingerprint density at radius 1 is 0.933 bits per heavy atom. The number of pyridine rings is 2. The zero-order chi connectivity index (χ0) is 10.8. The molecule has 4 nitrogen and oxygen atoms in total. The van der Waals surface area contributed by atoms with E-state index in [2.05, 4.69) is 9.97 Å². The van der Waals surface area contributed by atoms with Crippen LogP contribution in [0, 0.1) is 6.92 Å². The van der Waals surface area contributed by atoms with E-state index in [1.54, 1.807) is 12.1 Å². The number of nitrogens with two attached hydrogens (primary N) is 2. The van der Waals surface area contributed by atoms with Gasteiger partial charge in [-0.3, -0.25) is 0 Å². The van der Waals surface area contributed by atoms with Gasteiger partial charge in [-0.2, -0.15) is 0 Å². The smallest absolute Gasteiger partial charge is 0.124 e.